The number of rotatable bonds is 6. The normalized spacial score (nSPS) is 16.2. The zero-order valence-electron chi connectivity index (χ0n) is 16.5. The number of amides is 2. The van der Waals surface area contributed by atoms with Crippen LogP contribution in [-0.4, -0.2) is 38.7 Å². The number of carbonyl (C=O) groups is 2. The van der Waals surface area contributed by atoms with Crippen LogP contribution in [0.15, 0.2) is 53.4 Å². The van der Waals surface area contributed by atoms with Crippen molar-refractivity contribution in [1.82, 2.24) is 14.9 Å². The molecule has 29 heavy (non-hydrogen) atoms. The molecule has 1 aliphatic rings. The molecule has 1 unspecified atom stereocenters. The van der Waals surface area contributed by atoms with Gasteiger partial charge in [0.1, 0.15) is 0 Å². The predicted octanol–water partition coefficient (Wildman–Crippen LogP) is 1.75. The highest BCUT2D eigenvalue weighted by Gasteiger charge is 2.30. The molecule has 7 nitrogen and oxygen atoms in total. The van der Waals surface area contributed by atoms with Gasteiger partial charge in [-0.05, 0) is 42.3 Å². The Labute approximate surface area is 171 Å². The number of carbonyl (C=O) groups excluding carboxylic acids is 2. The zero-order chi connectivity index (χ0) is 21.0. The highest BCUT2D eigenvalue weighted by molar-refractivity contribution is 7.89. The number of fused-ring (bicyclic) bond motifs is 1. The Morgan fingerprint density at radius 1 is 1.14 bits per heavy atom. The molecule has 2 aromatic rings. The van der Waals surface area contributed by atoms with E-state index in [2.05, 4.69) is 10.0 Å². The Morgan fingerprint density at radius 3 is 2.62 bits per heavy atom. The summed E-state index contributed by atoms with van der Waals surface area (Å²) in [5.41, 5.74) is 2.85. The molecule has 0 aromatic heterocycles. The summed E-state index contributed by atoms with van der Waals surface area (Å²) in [5.74, 6) is -0.248. The van der Waals surface area contributed by atoms with Gasteiger partial charge in [0.15, 0.2) is 0 Å². The molecule has 0 spiro atoms. The van der Waals surface area contributed by atoms with E-state index in [9.17, 15) is 18.0 Å². The Kier molecular flexibility index (Phi) is 6.34. The van der Waals surface area contributed by atoms with Gasteiger partial charge in [0.05, 0.1) is 17.4 Å². The number of nitrogens with one attached hydrogen (secondary N) is 2. The van der Waals surface area contributed by atoms with E-state index in [1.165, 1.54) is 26.1 Å². The molecule has 1 atom stereocenters. The maximum Gasteiger partial charge on any atom is 0.240 e. The van der Waals surface area contributed by atoms with E-state index in [1.54, 1.807) is 17.0 Å². The molecule has 0 fully saturated rings. The number of sulfonamides is 1. The molecule has 2 aromatic carbocycles. The maximum atomic E-state index is 12.6. The number of benzene rings is 2. The van der Waals surface area contributed by atoms with Crippen molar-refractivity contribution < 1.29 is 18.0 Å². The topological polar surface area (TPSA) is 95.6 Å². The second-order valence-corrected chi connectivity index (χ2v) is 8.90. The van der Waals surface area contributed by atoms with Gasteiger partial charge in [-0.3, -0.25) is 9.59 Å². The first kappa shape index (κ1) is 21.0. The lowest BCUT2D eigenvalue weighted by Gasteiger charge is -2.36. The minimum absolute atomic E-state index is 0.0534. The minimum Gasteiger partial charge on any atom is -0.352 e. The third-order valence-electron chi connectivity index (χ3n) is 5.16. The quantitative estimate of drug-likeness (QED) is 0.751. The van der Waals surface area contributed by atoms with Crippen molar-refractivity contribution in [1.29, 1.82) is 0 Å². The Bertz CT molecular complexity index is 1020. The lowest BCUT2D eigenvalue weighted by Crippen LogP contribution is -2.41. The lowest BCUT2D eigenvalue weighted by molar-refractivity contribution is -0.133. The molecule has 0 aliphatic carbocycles. The van der Waals surface area contributed by atoms with Gasteiger partial charge in [-0.25, -0.2) is 13.1 Å². The molecule has 2 amide bonds. The smallest absolute Gasteiger partial charge is 0.240 e. The van der Waals surface area contributed by atoms with Crippen LogP contribution >= 0.6 is 0 Å². The molecular formula is C21H25N3O4S. The fraction of sp³-hybridized carbons (Fsp3) is 0.333. The van der Waals surface area contributed by atoms with Gasteiger partial charge in [0.2, 0.25) is 21.8 Å². The predicted molar refractivity (Wildman–Crippen MR) is 109 cm³/mol. The van der Waals surface area contributed by atoms with Crippen LogP contribution in [0.25, 0.3) is 0 Å². The van der Waals surface area contributed by atoms with E-state index in [4.69, 9.17) is 0 Å². The molecule has 0 saturated heterocycles. The van der Waals surface area contributed by atoms with Gasteiger partial charge in [0.25, 0.3) is 0 Å². The van der Waals surface area contributed by atoms with E-state index in [-0.39, 0.29) is 35.7 Å². The van der Waals surface area contributed by atoms with Gasteiger partial charge < -0.3 is 10.2 Å². The van der Waals surface area contributed by atoms with Crippen LogP contribution in [0.3, 0.4) is 0 Å². The Balaban J connectivity index is 1.70. The van der Waals surface area contributed by atoms with E-state index in [1.807, 2.05) is 24.3 Å². The molecule has 1 heterocycles. The van der Waals surface area contributed by atoms with Crippen molar-refractivity contribution in [3.05, 3.63) is 65.2 Å². The van der Waals surface area contributed by atoms with Gasteiger partial charge in [-0.15, -0.1) is 0 Å². The van der Waals surface area contributed by atoms with Gasteiger partial charge in [0, 0.05) is 20.0 Å². The number of nitrogens with zero attached hydrogens (tertiary/aromatic N) is 1. The minimum atomic E-state index is -3.54. The van der Waals surface area contributed by atoms with Crippen LogP contribution < -0.4 is 10.0 Å². The second kappa shape index (κ2) is 8.75. The summed E-state index contributed by atoms with van der Waals surface area (Å²) in [6, 6.07) is 14.0. The van der Waals surface area contributed by atoms with Gasteiger partial charge in [-0.2, -0.15) is 0 Å². The summed E-state index contributed by atoms with van der Waals surface area (Å²) in [6.45, 7) is 2.32. The molecule has 0 saturated carbocycles. The maximum absolute atomic E-state index is 12.6. The van der Waals surface area contributed by atoms with Gasteiger partial charge >= 0.3 is 0 Å². The first-order chi connectivity index (χ1) is 13.8. The fourth-order valence-electron chi connectivity index (χ4n) is 3.64. The molecule has 154 valence electrons. The third-order valence-corrected chi connectivity index (χ3v) is 6.57. The van der Waals surface area contributed by atoms with Gasteiger partial charge in [-0.1, -0.05) is 36.4 Å². The summed E-state index contributed by atoms with van der Waals surface area (Å²) < 4.78 is 26.1. The molecule has 0 bridgehead atoms. The van der Waals surface area contributed by atoms with Crippen molar-refractivity contribution in [3.63, 3.8) is 0 Å². The fourth-order valence-corrected chi connectivity index (χ4v) is 4.44. The summed E-state index contributed by atoms with van der Waals surface area (Å²) >= 11 is 0. The van der Waals surface area contributed by atoms with Crippen molar-refractivity contribution in [2.45, 2.75) is 37.2 Å². The molecule has 0 radical (unpaired) electrons. The number of hydrogen-bond donors (Lipinski definition) is 2. The molecule has 3 rings (SSSR count). The monoisotopic (exact) mass is 415 g/mol. The molecule has 2 N–H and O–H groups in total. The molecule has 8 heteroatoms. The zero-order valence-corrected chi connectivity index (χ0v) is 17.3. The first-order valence-corrected chi connectivity index (χ1v) is 10.9. The molecule has 1 aliphatic heterocycles. The standard InChI is InChI=1S/C21H25N3O4S/c1-15(25)24-11-10-17-7-3-4-9-19(17)20(24)13-21(26)23-14-16-6-5-8-18(12-16)29(27,28)22-2/h3-9,12,20,22H,10-11,13-14H2,1-2H3,(H,23,26). The Morgan fingerprint density at radius 2 is 1.90 bits per heavy atom. The SMILES string of the molecule is CNS(=O)(=O)c1cccc(CNC(=O)CC2c3ccccc3CCN2C(C)=O)c1. The van der Waals surface area contributed by atoms with Crippen LogP contribution in [0.2, 0.25) is 0 Å². The van der Waals surface area contributed by atoms with Crippen LogP contribution in [0.5, 0.6) is 0 Å². The highest BCUT2D eigenvalue weighted by atomic mass is 32.2. The average molecular weight is 416 g/mol. The second-order valence-electron chi connectivity index (χ2n) is 7.01. The Hall–Kier alpha value is -2.71. The largest absolute Gasteiger partial charge is 0.352 e. The lowest BCUT2D eigenvalue weighted by atomic mass is 9.90. The van der Waals surface area contributed by atoms with Crippen molar-refractivity contribution in [2.24, 2.45) is 0 Å². The summed E-state index contributed by atoms with van der Waals surface area (Å²) in [7, 11) is -2.19. The molecular weight excluding hydrogens is 390 g/mol. The van der Waals surface area contributed by atoms with Crippen molar-refractivity contribution in [3.8, 4) is 0 Å². The van der Waals surface area contributed by atoms with E-state index < -0.39 is 10.0 Å². The highest BCUT2D eigenvalue weighted by Crippen LogP contribution is 2.32. The summed E-state index contributed by atoms with van der Waals surface area (Å²) in [4.78, 5) is 26.6. The van der Waals surface area contributed by atoms with Crippen LogP contribution in [0.1, 0.15) is 36.1 Å². The first-order valence-electron chi connectivity index (χ1n) is 9.46. The van der Waals surface area contributed by atoms with Crippen LogP contribution in [-0.2, 0) is 32.6 Å². The average Bonchev–Trinajstić information content (AvgIpc) is 2.72. The summed E-state index contributed by atoms with van der Waals surface area (Å²) in [5, 5.41) is 2.84. The third kappa shape index (κ3) is 4.83. The van der Waals surface area contributed by atoms with E-state index >= 15 is 0 Å². The number of hydrogen-bond acceptors (Lipinski definition) is 4. The van der Waals surface area contributed by atoms with Crippen molar-refractivity contribution >= 4 is 21.8 Å². The van der Waals surface area contributed by atoms with Crippen LogP contribution in [0, 0.1) is 0 Å². The van der Waals surface area contributed by atoms with Crippen LogP contribution in [0.4, 0.5) is 0 Å². The van der Waals surface area contributed by atoms with E-state index in [0.29, 0.717) is 12.1 Å². The summed E-state index contributed by atoms with van der Waals surface area (Å²) in [6.07, 6.45) is 0.936. The van der Waals surface area contributed by atoms with E-state index in [0.717, 1.165) is 17.5 Å². The van der Waals surface area contributed by atoms with Crippen molar-refractivity contribution in [2.75, 3.05) is 13.6 Å².